The van der Waals surface area contributed by atoms with E-state index in [1.807, 2.05) is 44.3 Å². The van der Waals surface area contributed by atoms with Crippen molar-refractivity contribution in [3.63, 3.8) is 0 Å². The normalized spacial score (nSPS) is 10.3. The van der Waals surface area contributed by atoms with Crippen molar-refractivity contribution in [3.8, 4) is 5.75 Å². The number of ether oxygens (including phenoxy) is 1. The van der Waals surface area contributed by atoms with Crippen LogP contribution in [0.4, 0.5) is 11.4 Å². The molecule has 0 saturated carbocycles. The zero-order valence-electron chi connectivity index (χ0n) is 14.6. The number of amides is 1. The molecular weight excluding hydrogens is 302 g/mol. The van der Waals surface area contributed by atoms with Gasteiger partial charge in [0.1, 0.15) is 11.4 Å². The van der Waals surface area contributed by atoms with Crippen LogP contribution in [0.1, 0.15) is 37.2 Å². The number of nitrogens with one attached hydrogen (secondary N) is 1. The van der Waals surface area contributed by atoms with Gasteiger partial charge in [0.2, 0.25) is 0 Å². The summed E-state index contributed by atoms with van der Waals surface area (Å²) in [6.07, 6.45) is 3.73. The molecule has 1 aromatic heterocycles. The number of para-hydroxylation sites is 2. The Labute approximate surface area is 143 Å². The number of hydrogen-bond donors (Lipinski definition) is 1. The molecule has 0 saturated heterocycles. The molecule has 5 heteroatoms. The third-order valence-electron chi connectivity index (χ3n) is 3.64. The van der Waals surface area contributed by atoms with Crippen molar-refractivity contribution in [2.45, 2.75) is 26.7 Å². The van der Waals surface area contributed by atoms with Gasteiger partial charge in [0.05, 0.1) is 24.2 Å². The number of carbonyl (C=O) groups excluding carboxylic acids is 1. The molecule has 1 aromatic carbocycles. The van der Waals surface area contributed by atoms with Gasteiger partial charge in [0, 0.05) is 13.6 Å². The summed E-state index contributed by atoms with van der Waals surface area (Å²) in [7, 11) is 1.81. The predicted molar refractivity (Wildman–Crippen MR) is 97.0 cm³/mol. The third-order valence-corrected chi connectivity index (χ3v) is 3.64. The number of pyridine rings is 1. The molecule has 0 spiro atoms. The van der Waals surface area contributed by atoms with Crippen molar-refractivity contribution in [2.24, 2.45) is 0 Å². The van der Waals surface area contributed by atoms with Crippen LogP contribution in [0.5, 0.6) is 5.75 Å². The first kappa shape index (κ1) is 17.8. The smallest absolute Gasteiger partial charge is 0.272 e. The number of rotatable bonds is 8. The molecule has 0 fully saturated rings. The molecule has 128 valence electrons. The van der Waals surface area contributed by atoms with Crippen molar-refractivity contribution < 1.29 is 9.53 Å². The molecular formula is C19H25N3O2. The fraction of sp³-hybridized carbons (Fsp3) is 0.368. The van der Waals surface area contributed by atoms with E-state index in [1.165, 1.54) is 0 Å². The quantitative estimate of drug-likeness (QED) is 0.793. The first-order chi connectivity index (χ1) is 11.7. The second-order valence-electron chi connectivity index (χ2n) is 5.57. The fourth-order valence-electron chi connectivity index (χ4n) is 2.29. The number of nitrogens with zero attached hydrogens (tertiary/aromatic N) is 2. The average molecular weight is 327 g/mol. The molecule has 0 atom stereocenters. The maximum absolute atomic E-state index is 12.3. The molecule has 2 aromatic rings. The van der Waals surface area contributed by atoms with Crippen LogP contribution < -0.4 is 10.1 Å². The molecule has 5 nitrogen and oxygen atoms in total. The topological polar surface area (TPSA) is 54.5 Å². The van der Waals surface area contributed by atoms with Crippen molar-refractivity contribution in [1.29, 1.82) is 0 Å². The Balaban J connectivity index is 2.06. The molecule has 2 rings (SSSR count). The zero-order chi connectivity index (χ0) is 17.4. The second-order valence-corrected chi connectivity index (χ2v) is 5.57. The number of aromatic nitrogens is 1. The van der Waals surface area contributed by atoms with E-state index in [1.54, 1.807) is 17.2 Å². The van der Waals surface area contributed by atoms with Crippen LogP contribution in [-0.2, 0) is 0 Å². The lowest BCUT2D eigenvalue weighted by Gasteiger charge is -2.16. The number of carbonyl (C=O) groups is 1. The Kier molecular flexibility index (Phi) is 6.61. The van der Waals surface area contributed by atoms with Gasteiger partial charge < -0.3 is 15.0 Å². The Hall–Kier alpha value is -2.56. The van der Waals surface area contributed by atoms with Crippen molar-refractivity contribution in [2.75, 3.05) is 25.5 Å². The van der Waals surface area contributed by atoms with E-state index in [9.17, 15) is 4.79 Å². The number of anilines is 2. The summed E-state index contributed by atoms with van der Waals surface area (Å²) in [5.74, 6) is 0.740. The van der Waals surface area contributed by atoms with Crippen molar-refractivity contribution >= 4 is 17.3 Å². The van der Waals surface area contributed by atoms with Gasteiger partial charge in [-0.25, -0.2) is 4.98 Å². The van der Waals surface area contributed by atoms with Gasteiger partial charge in [-0.3, -0.25) is 4.79 Å². The fourth-order valence-corrected chi connectivity index (χ4v) is 2.29. The maximum Gasteiger partial charge on any atom is 0.272 e. The first-order valence-corrected chi connectivity index (χ1v) is 8.36. The molecule has 0 aliphatic carbocycles. The minimum absolute atomic E-state index is 0.0512. The van der Waals surface area contributed by atoms with E-state index < -0.39 is 0 Å². The van der Waals surface area contributed by atoms with Gasteiger partial charge in [0.15, 0.2) is 0 Å². The molecule has 0 aliphatic heterocycles. The van der Waals surface area contributed by atoms with E-state index in [0.717, 1.165) is 36.5 Å². The standard InChI is InChI=1S/C19H25N3O2/c1-4-6-13-22(3)19(23)17-12-11-15(14-20-17)21-16-9-7-8-10-18(16)24-5-2/h7-12,14,21H,4-6,13H2,1-3H3. The van der Waals surface area contributed by atoms with Crippen molar-refractivity contribution in [1.82, 2.24) is 9.88 Å². The Morgan fingerprint density at radius 2 is 2.00 bits per heavy atom. The lowest BCUT2D eigenvalue weighted by Crippen LogP contribution is -2.28. The van der Waals surface area contributed by atoms with Gasteiger partial charge in [0.25, 0.3) is 5.91 Å². The highest BCUT2D eigenvalue weighted by molar-refractivity contribution is 5.92. The highest BCUT2D eigenvalue weighted by Crippen LogP contribution is 2.27. The summed E-state index contributed by atoms with van der Waals surface area (Å²) in [6, 6.07) is 11.3. The van der Waals surface area contributed by atoms with Gasteiger partial charge in [-0.15, -0.1) is 0 Å². The summed E-state index contributed by atoms with van der Waals surface area (Å²) < 4.78 is 5.60. The highest BCUT2D eigenvalue weighted by Gasteiger charge is 2.12. The summed E-state index contributed by atoms with van der Waals surface area (Å²) in [5, 5.41) is 3.27. The Morgan fingerprint density at radius 3 is 2.67 bits per heavy atom. The lowest BCUT2D eigenvalue weighted by atomic mass is 10.2. The molecule has 0 aliphatic rings. The molecule has 0 unspecified atom stereocenters. The number of hydrogen-bond acceptors (Lipinski definition) is 4. The lowest BCUT2D eigenvalue weighted by molar-refractivity contribution is 0.0787. The first-order valence-electron chi connectivity index (χ1n) is 8.36. The number of benzene rings is 1. The largest absolute Gasteiger partial charge is 0.492 e. The minimum Gasteiger partial charge on any atom is -0.492 e. The summed E-state index contributed by atoms with van der Waals surface area (Å²) >= 11 is 0. The van der Waals surface area contributed by atoms with Crippen LogP contribution in [0.25, 0.3) is 0 Å². The van der Waals surface area contributed by atoms with E-state index in [-0.39, 0.29) is 5.91 Å². The average Bonchev–Trinajstić information content (AvgIpc) is 2.61. The molecule has 1 N–H and O–H groups in total. The van der Waals surface area contributed by atoms with Crippen molar-refractivity contribution in [3.05, 3.63) is 48.3 Å². The van der Waals surface area contributed by atoms with E-state index in [4.69, 9.17) is 4.74 Å². The zero-order valence-corrected chi connectivity index (χ0v) is 14.6. The monoisotopic (exact) mass is 327 g/mol. The SMILES string of the molecule is CCCCN(C)C(=O)c1ccc(Nc2ccccc2OCC)cn1. The molecule has 0 bridgehead atoms. The van der Waals surface area contributed by atoms with Crippen LogP contribution in [0.3, 0.4) is 0 Å². The van der Waals surface area contributed by atoms with E-state index in [2.05, 4.69) is 17.2 Å². The van der Waals surface area contributed by atoms with Crippen LogP contribution in [0.2, 0.25) is 0 Å². The van der Waals surface area contributed by atoms with Gasteiger partial charge in [-0.2, -0.15) is 0 Å². The van der Waals surface area contributed by atoms with Crippen LogP contribution in [-0.4, -0.2) is 36.0 Å². The molecule has 0 radical (unpaired) electrons. The molecule has 1 amide bonds. The van der Waals surface area contributed by atoms with Crippen LogP contribution >= 0.6 is 0 Å². The van der Waals surface area contributed by atoms with E-state index in [0.29, 0.717) is 12.3 Å². The number of unbranched alkanes of at least 4 members (excludes halogenated alkanes) is 1. The highest BCUT2D eigenvalue weighted by atomic mass is 16.5. The van der Waals surface area contributed by atoms with Crippen LogP contribution in [0.15, 0.2) is 42.6 Å². The second kappa shape index (κ2) is 8.91. The molecule has 1 heterocycles. The molecule has 24 heavy (non-hydrogen) atoms. The summed E-state index contributed by atoms with van der Waals surface area (Å²) in [6.45, 7) is 5.41. The third kappa shape index (κ3) is 4.72. The summed E-state index contributed by atoms with van der Waals surface area (Å²) in [5.41, 5.74) is 2.15. The van der Waals surface area contributed by atoms with Gasteiger partial charge >= 0.3 is 0 Å². The predicted octanol–water partition coefficient (Wildman–Crippen LogP) is 4.10. The Morgan fingerprint density at radius 1 is 1.21 bits per heavy atom. The maximum atomic E-state index is 12.3. The van der Waals surface area contributed by atoms with E-state index >= 15 is 0 Å². The minimum atomic E-state index is -0.0512. The van der Waals surface area contributed by atoms with Crippen LogP contribution in [0, 0.1) is 0 Å². The van der Waals surface area contributed by atoms with Gasteiger partial charge in [-0.05, 0) is 37.6 Å². The Bertz CT molecular complexity index is 656. The van der Waals surface area contributed by atoms with Gasteiger partial charge in [-0.1, -0.05) is 25.5 Å². The summed E-state index contributed by atoms with van der Waals surface area (Å²) in [4.78, 5) is 18.3.